The van der Waals surface area contributed by atoms with E-state index in [-0.39, 0.29) is 5.91 Å². The van der Waals surface area contributed by atoms with Crippen LogP contribution < -0.4 is 14.8 Å². The van der Waals surface area contributed by atoms with Gasteiger partial charge in [0.25, 0.3) is 0 Å². The summed E-state index contributed by atoms with van der Waals surface area (Å²) >= 11 is 0. The quantitative estimate of drug-likeness (QED) is 0.669. The molecule has 2 rings (SSSR count). The Kier molecular flexibility index (Phi) is 7.02. The molecule has 0 heterocycles. The molecule has 0 saturated carbocycles. The molecule has 1 atom stereocenters. The molecule has 26 heavy (non-hydrogen) atoms. The molecule has 0 saturated heterocycles. The lowest BCUT2D eigenvalue weighted by molar-refractivity contribution is -0.138. The Morgan fingerprint density at radius 1 is 1.12 bits per heavy atom. The number of hydrogen-bond donors (Lipinski definition) is 2. The number of aliphatic carboxylic acids is 1. The average molecular weight is 357 g/mol. The standard InChI is InChI=1S/C20H23NO5/c1-14(20(23)24)15-5-3-6-16(13-15)21-19(22)7-4-12-26-18-10-8-17(25-2)9-11-18/h3,5-6,8-11,13-14H,4,7,12H2,1-2H3,(H,21,22)(H,23,24). The highest BCUT2D eigenvalue weighted by molar-refractivity contribution is 5.91. The minimum atomic E-state index is -0.899. The highest BCUT2D eigenvalue weighted by atomic mass is 16.5. The number of carbonyl (C=O) groups excluding carboxylic acids is 1. The predicted octanol–water partition coefficient (Wildman–Crippen LogP) is 3.68. The van der Waals surface area contributed by atoms with Crippen LogP contribution in [0.4, 0.5) is 5.69 Å². The summed E-state index contributed by atoms with van der Waals surface area (Å²) in [5.41, 5.74) is 1.25. The third kappa shape index (κ3) is 5.81. The van der Waals surface area contributed by atoms with Gasteiger partial charge in [-0.15, -0.1) is 0 Å². The van der Waals surface area contributed by atoms with Gasteiger partial charge in [-0.3, -0.25) is 9.59 Å². The number of rotatable bonds is 9. The van der Waals surface area contributed by atoms with Gasteiger partial charge in [-0.25, -0.2) is 0 Å². The normalized spacial score (nSPS) is 11.5. The topological polar surface area (TPSA) is 84.9 Å². The van der Waals surface area contributed by atoms with Gasteiger partial charge in [0.15, 0.2) is 0 Å². The Labute approximate surface area is 152 Å². The van der Waals surface area contributed by atoms with Crippen LogP contribution in [0.25, 0.3) is 0 Å². The van der Waals surface area contributed by atoms with Gasteiger partial charge in [-0.05, 0) is 55.3 Å². The van der Waals surface area contributed by atoms with Crippen molar-refractivity contribution in [1.29, 1.82) is 0 Å². The number of ether oxygens (including phenoxy) is 2. The Hall–Kier alpha value is -3.02. The summed E-state index contributed by atoms with van der Waals surface area (Å²) in [6.07, 6.45) is 0.887. The SMILES string of the molecule is COc1ccc(OCCCC(=O)Nc2cccc(C(C)C(=O)O)c2)cc1. The summed E-state index contributed by atoms with van der Waals surface area (Å²) in [5, 5.41) is 11.9. The number of anilines is 1. The fourth-order valence-corrected chi connectivity index (χ4v) is 2.35. The molecule has 0 fully saturated rings. The maximum Gasteiger partial charge on any atom is 0.310 e. The van der Waals surface area contributed by atoms with Crippen LogP contribution in [-0.4, -0.2) is 30.7 Å². The molecule has 0 aliphatic heterocycles. The van der Waals surface area contributed by atoms with Crippen LogP contribution in [0.1, 0.15) is 31.2 Å². The molecule has 0 bridgehead atoms. The number of nitrogens with one attached hydrogen (secondary N) is 1. The Balaban J connectivity index is 1.76. The molecule has 6 nitrogen and oxygen atoms in total. The van der Waals surface area contributed by atoms with Crippen molar-refractivity contribution in [3.63, 3.8) is 0 Å². The van der Waals surface area contributed by atoms with Gasteiger partial charge in [0.05, 0.1) is 19.6 Å². The minimum absolute atomic E-state index is 0.136. The van der Waals surface area contributed by atoms with Gasteiger partial charge in [0.1, 0.15) is 11.5 Å². The van der Waals surface area contributed by atoms with Crippen LogP contribution in [0, 0.1) is 0 Å². The fraction of sp³-hybridized carbons (Fsp3) is 0.300. The monoisotopic (exact) mass is 357 g/mol. The number of carboxylic acids is 1. The molecule has 1 amide bonds. The lowest BCUT2D eigenvalue weighted by Gasteiger charge is -2.10. The summed E-state index contributed by atoms with van der Waals surface area (Å²) in [6, 6.07) is 14.1. The van der Waals surface area contributed by atoms with Crippen LogP contribution in [-0.2, 0) is 9.59 Å². The summed E-state index contributed by atoms with van der Waals surface area (Å²) in [5.74, 6) is -0.171. The van der Waals surface area contributed by atoms with Gasteiger partial charge in [0.2, 0.25) is 5.91 Å². The van der Waals surface area contributed by atoms with Crippen LogP contribution in [0.2, 0.25) is 0 Å². The first kappa shape index (κ1) is 19.3. The maximum absolute atomic E-state index is 12.0. The molecular formula is C20H23NO5. The average Bonchev–Trinajstić information content (AvgIpc) is 2.65. The number of carbonyl (C=O) groups is 2. The zero-order valence-corrected chi connectivity index (χ0v) is 14.9. The van der Waals surface area contributed by atoms with Crippen molar-refractivity contribution in [2.24, 2.45) is 0 Å². The van der Waals surface area contributed by atoms with Crippen LogP contribution in [0.5, 0.6) is 11.5 Å². The van der Waals surface area contributed by atoms with Gasteiger partial charge < -0.3 is 19.9 Å². The zero-order valence-electron chi connectivity index (χ0n) is 14.9. The van der Waals surface area contributed by atoms with Crippen molar-refractivity contribution >= 4 is 17.6 Å². The molecule has 2 aromatic carbocycles. The highest BCUT2D eigenvalue weighted by Gasteiger charge is 2.14. The van der Waals surface area contributed by atoms with Crippen molar-refractivity contribution in [2.45, 2.75) is 25.7 Å². The van der Waals surface area contributed by atoms with E-state index < -0.39 is 11.9 Å². The van der Waals surface area contributed by atoms with Crippen molar-refractivity contribution < 1.29 is 24.2 Å². The molecule has 6 heteroatoms. The zero-order chi connectivity index (χ0) is 18.9. The Bertz CT molecular complexity index is 742. The summed E-state index contributed by atoms with van der Waals surface area (Å²) < 4.78 is 10.7. The lowest BCUT2D eigenvalue weighted by atomic mass is 10.0. The first-order chi connectivity index (χ1) is 12.5. The van der Waals surface area contributed by atoms with Crippen LogP contribution >= 0.6 is 0 Å². The first-order valence-corrected chi connectivity index (χ1v) is 8.39. The molecule has 2 aromatic rings. The lowest BCUT2D eigenvalue weighted by Crippen LogP contribution is -2.13. The number of hydrogen-bond acceptors (Lipinski definition) is 4. The van der Waals surface area contributed by atoms with E-state index in [0.29, 0.717) is 30.7 Å². The van der Waals surface area contributed by atoms with Gasteiger partial charge in [-0.1, -0.05) is 12.1 Å². The molecule has 138 valence electrons. The Morgan fingerprint density at radius 3 is 2.46 bits per heavy atom. The molecule has 1 unspecified atom stereocenters. The van der Waals surface area contributed by atoms with E-state index in [0.717, 1.165) is 11.5 Å². The van der Waals surface area contributed by atoms with Gasteiger partial charge in [-0.2, -0.15) is 0 Å². The van der Waals surface area contributed by atoms with E-state index in [1.165, 1.54) is 0 Å². The Morgan fingerprint density at radius 2 is 1.81 bits per heavy atom. The summed E-state index contributed by atoms with van der Waals surface area (Å²) in [7, 11) is 1.60. The van der Waals surface area contributed by atoms with Crippen LogP contribution in [0.15, 0.2) is 48.5 Å². The predicted molar refractivity (Wildman–Crippen MR) is 98.8 cm³/mol. The molecule has 2 N–H and O–H groups in total. The van der Waals surface area contributed by atoms with E-state index in [1.54, 1.807) is 38.3 Å². The molecule has 0 aliphatic carbocycles. The van der Waals surface area contributed by atoms with E-state index in [9.17, 15) is 9.59 Å². The van der Waals surface area contributed by atoms with E-state index >= 15 is 0 Å². The second-order valence-electron chi connectivity index (χ2n) is 5.86. The largest absolute Gasteiger partial charge is 0.497 e. The maximum atomic E-state index is 12.0. The summed E-state index contributed by atoms with van der Waals surface area (Å²) in [6.45, 7) is 2.04. The van der Waals surface area contributed by atoms with Crippen molar-refractivity contribution in [1.82, 2.24) is 0 Å². The van der Waals surface area contributed by atoms with Crippen LogP contribution in [0.3, 0.4) is 0 Å². The van der Waals surface area contributed by atoms with Gasteiger partial charge in [0, 0.05) is 12.1 Å². The third-order valence-electron chi connectivity index (χ3n) is 3.92. The first-order valence-electron chi connectivity index (χ1n) is 8.39. The number of benzene rings is 2. The number of amides is 1. The highest BCUT2D eigenvalue weighted by Crippen LogP contribution is 2.20. The van der Waals surface area contributed by atoms with E-state index in [4.69, 9.17) is 14.6 Å². The smallest absolute Gasteiger partial charge is 0.310 e. The van der Waals surface area contributed by atoms with E-state index in [1.807, 2.05) is 24.3 Å². The molecule has 0 aromatic heterocycles. The fourth-order valence-electron chi connectivity index (χ4n) is 2.35. The van der Waals surface area contributed by atoms with Crippen molar-refractivity contribution in [2.75, 3.05) is 19.0 Å². The summed E-state index contributed by atoms with van der Waals surface area (Å²) in [4.78, 5) is 23.1. The molecular weight excluding hydrogens is 334 g/mol. The molecule has 0 aliphatic rings. The molecule has 0 radical (unpaired) electrons. The van der Waals surface area contributed by atoms with Crippen molar-refractivity contribution in [3.05, 3.63) is 54.1 Å². The minimum Gasteiger partial charge on any atom is -0.497 e. The molecule has 0 spiro atoms. The third-order valence-corrected chi connectivity index (χ3v) is 3.92. The van der Waals surface area contributed by atoms with E-state index in [2.05, 4.69) is 5.32 Å². The second kappa shape index (κ2) is 9.46. The number of carboxylic acid groups (broad SMARTS) is 1. The second-order valence-corrected chi connectivity index (χ2v) is 5.86. The van der Waals surface area contributed by atoms with Gasteiger partial charge >= 0.3 is 5.97 Å². The van der Waals surface area contributed by atoms with Crippen molar-refractivity contribution in [3.8, 4) is 11.5 Å². The number of methoxy groups -OCH3 is 1.